The number of halogens is 2. The summed E-state index contributed by atoms with van der Waals surface area (Å²) < 4.78 is 24.4. The van der Waals surface area contributed by atoms with E-state index in [4.69, 9.17) is 20.8 Å². The van der Waals surface area contributed by atoms with Crippen LogP contribution in [0.4, 0.5) is 4.39 Å². The van der Waals surface area contributed by atoms with Crippen molar-refractivity contribution in [2.45, 2.75) is 19.5 Å². The Kier molecular flexibility index (Phi) is 6.01. The number of ketones is 1. The van der Waals surface area contributed by atoms with E-state index in [9.17, 15) is 19.1 Å². The Labute approximate surface area is 188 Å². The molecule has 8 heteroatoms. The highest BCUT2D eigenvalue weighted by atomic mass is 35.5. The average molecular weight is 456 g/mol. The number of Topliss-reactive ketones (excluding diaryl/α,β-unsaturated/α-hetero) is 1. The first-order valence-corrected chi connectivity index (χ1v) is 10.3. The maximum absolute atomic E-state index is 13.6. The van der Waals surface area contributed by atoms with Crippen LogP contribution in [-0.2, 0) is 16.1 Å². The van der Waals surface area contributed by atoms with Gasteiger partial charge in [0.05, 0.1) is 36.1 Å². The quantitative estimate of drug-likeness (QED) is 0.318. The van der Waals surface area contributed by atoms with Crippen molar-refractivity contribution in [3.05, 3.63) is 94.2 Å². The number of hydrogen-bond donors (Lipinski definition) is 1. The van der Waals surface area contributed by atoms with Gasteiger partial charge in [0.1, 0.15) is 23.1 Å². The molecule has 2 heterocycles. The molecular weight excluding hydrogens is 437 g/mol. The Bertz CT molecular complexity index is 1190. The number of aliphatic hydroxyl groups excluding tert-OH is 1. The highest BCUT2D eigenvalue weighted by Crippen LogP contribution is 2.41. The van der Waals surface area contributed by atoms with E-state index in [1.807, 2.05) is 0 Å². The van der Waals surface area contributed by atoms with Crippen molar-refractivity contribution in [1.82, 2.24) is 4.90 Å². The van der Waals surface area contributed by atoms with Gasteiger partial charge in [0.25, 0.3) is 11.7 Å². The molecular formula is C24H19ClFNO5. The van der Waals surface area contributed by atoms with Crippen LogP contribution in [0.15, 0.2) is 70.9 Å². The molecule has 0 saturated carbocycles. The van der Waals surface area contributed by atoms with Gasteiger partial charge in [0.2, 0.25) is 0 Å². The molecule has 1 fully saturated rings. The van der Waals surface area contributed by atoms with E-state index in [-0.39, 0.29) is 23.4 Å². The van der Waals surface area contributed by atoms with E-state index in [1.165, 1.54) is 53.6 Å². The second kappa shape index (κ2) is 8.88. The zero-order chi connectivity index (χ0) is 22.8. The first-order valence-electron chi connectivity index (χ1n) is 9.89. The number of hydrogen-bond acceptors (Lipinski definition) is 5. The number of ether oxygens (including phenoxy) is 1. The van der Waals surface area contributed by atoms with Crippen LogP contribution in [0.1, 0.15) is 29.9 Å². The molecule has 1 N–H and O–H groups in total. The van der Waals surface area contributed by atoms with Crippen LogP contribution >= 0.6 is 11.6 Å². The molecule has 1 aliphatic rings. The number of rotatable bonds is 6. The molecule has 0 spiro atoms. The maximum Gasteiger partial charge on any atom is 0.296 e. The monoisotopic (exact) mass is 455 g/mol. The van der Waals surface area contributed by atoms with Gasteiger partial charge in [-0.25, -0.2) is 4.39 Å². The third-order valence-electron chi connectivity index (χ3n) is 5.14. The SMILES string of the molecule is CCOc1cc(/C(O)=C2/C(=O)C(=O)N(Cc3ccco3)C2c2ccc(F)cc2)ccc1Cl. The van der Waals surface area contributed by atoms with E-state index in [0.717, 1.165) is 0 Å². The standard InChI is InChI=1S/C24H19ClFNO5/c1-2-31-19-12-15(7-10-18(19)25)22(28)20-21(14-5-8-16(26)9-6-14)27(24(30)23(20)29)13-17-4-3-11-32-17/h3-12,21,28H,2,13H2,1H3/b22-20-. The van der Waals surface area contributed by atoms with Gasteiger partial charge in [-0.3, -0.25) is 9.59 Å². The molecule has 2 aromatic carbocycles. The van der Waals surface area contributed by atoms with E-state index in [1.54, 1.807) is 19.1 Å². The molecule has 4 rings (SSSR count). The molecule has 0 bridgehead atoms. The molecule has 3 aromatic rings. The summed E-state index contributed by atoms with van der Waals surface area (Å²) in [7, 11) is 0. The van der Waals surface area contributed by atoms with Crippen molar-refractivity contribution in [2.75, 3.05) is 6.61 Å². The zero-order valence-electron chi connectivity index (χ0n) is 17.0. The lowest BCUT2D eigenvalue weighted by molar-refractivity contribution is -0.140. The number of aliphatic hydroxyl groups is 1. The van der Waals surface area contributed by atoms with Crippen molar-refractivity contribution in [1.29, 1.82) is 0 Å². The first kappa shape index (κ1) is 21.6. The predicted molar refractivity (Wildman–Crippen MR) is 116 cm³/mol. The fourth-order valence-electron chi connectivity index (χ4n) is 3.68. The molecule has 6 nitrogen and oxygen atoms in total. The Morgan fingerprint density at radius 3 is 2.59 bits per heavy atom. The lowest BCUT2D eigenvalue weighted by Crippen LogP contribution is -2.29. The van der Waals surface area contributed by atoms with Gasteiger partial charge in [-0.15, -0.1) is 0 Å². The van der Waals surface area contributed by atoms with Gasteiger partial charge in [-0.05, 0) is 55.0 Å². The zero-order valence-corrected chi connectivity index (χ0v) is 17.8. The van der Waals surface area contributed by atoms with E-state index >= 15 is 0 Å². The lowest BCUT2D eigenvalue weighted by atomic mass is 9.95. The van der Waals surface area contributed by atoms with Crippen LogP contribution in [0.3, 0.4) is 0 Å². The van der Waals surface area contributed by atoms with Crippen molar-refractivity contribution >= 4 is 29.1 Å². The van der Waals surface area contributed by atoms with E-state index in [0.29, 0.717) is 28.7 Å². The van der Waals surface area contributed by atoms with Gasteiger partial charge >= 0.3 is 0 Å². The predicted octanol–water partition coefficient (Wildman–Crippen LogP) is 5.09. The summed E-state index contributed by atoms with van der Waals surface area (Å²) in [5, 5.41) is 11.5. The molecule has 0 radical (unpaired) electrons. The minimum atomic E-state index is -0.938. The largest absolute Gasteiger partial charge is 0.507 e. The summed E-state index contributed by atoms with van der Waals surface area (Å²) >= 11 is 6.14. The summed E-state index contributed by atoms with van der Waals surface area (Å²) in [4.78, 5) is 27.2. The van der Waals surface area contributed by atoms with Crippen LogP contribution in [0.5, 0.6) is 5.75 Å². The molecule has 0 aliphatic carbocycles. The molecule has 1 amide bonds. The third-order valence-corrected chi connectivity index (χ3v) is 5.45. The Morgan fingerprint density at radius 2 is 1.94 bits per heavy atom. The van der Waals surface area contributed by atoms with Crippen molar-refractivity contribution < 1.29 is 28.2 Å². The fourth-order valence-corrected chi connectivity index (χ4v) is 3.85. The van der Waals surface area contributed by atoms with Gasteiger partial charge in [-0.2, -0.15) is 0 Å². The number of carbonyl (C=O) groups is 2. The van der Waals surface area contributed by atoms with E-state index in [2.05, 4.69) is 0 Å². The maximum atomic E-state index is 13.6. The van der Waals surface area contributed by atoms with Crippen LogP contribution in [0.25, 0.3) is 5.76 Å². The summed E-state index contributed by atoms with van der Waals surface area (Å²) in [6.45, 7) is 2.14. The highest BCUT2D eigenvalue weighted by Gasteiger charge is 2.46. The van der Waals surface area contributed by atoms with Gasteiger partial charge in [-0.1, -0.05) is 23.7 Å². The third kappa shape index (κ3) is 3.99. The normalized spacial score (nSPS) is 17.7. The number of amides is 1. The van der Waals surface area contributed by atoms with Gasteiger partial charge < -0.3 is 19.2 Å². The molecule has 1 unspecified atom stereocenters. The van der Waals surface area contributed by atoms with Crippen LogP contribution < -0.4 is 4.74 Å². The topological polar surface area (TPSA) is 80.0 Å². The molecule has 1 aromatic heterocycles. The lowest BCUT2D eigenvalue weighted by Gasteiger charge is -2.24. The summed E-state index contributed by atoms with van der Waals surface area (Å²) in [6.07, 6.45) is 1.46. The van der Waals surface area contributed by atoms with Gasteiger partial charge in [0, 0.05) is 5.56 Å². The Balaban J connectivity index is 1.86. The summed E-state index contributed by atoms with van der Waals surface area (Å²) in [5.74, 6) is -1.69. The Morgan fingerprint density at radius 1 is 1.19 bits per heavy atom. The second-order valence-corrected chi connectivity index (χ2v) is 7.54. The van der Waals surface area contributed by atoms with Crippen molar-refractivity contribution in [2.24, 2.45) is 0 Å². The fraction of sp³-hybridized carbons (Fsp3) is 0.167. The smallest absolute Gasteiger partial charge is 0.296 e. The molecule has 1 saturated heterocycles. The summed E-state index contributed by atoms with van der Waals surface area (Å²) in [5.41, 5.74) is 0.622. The van der Waals surface area contributed by atoms with Crippen LogP contribution in [0, 0.1) is 5.82 Å². The van der Waals surface area contributed by atoms with Crippen LogP contribution in [0.2, 0.25) is 5.02 Å². The first-order chi connectivity index (χ1) is 15.4. The molecule has 164 valence electrons. The molecule has 1 aliphatic heterocycles. The minimum Gasteiger partial charge on any atom is -0.507 e. The van der Waals surface area contributed by atoms with Crippen molar-refractivity contribution in [3.63, 3.8) is 0 Å². The number of benzene rings is 2. The Hall–Kier alpha value is -3.58. The summed E-state index contributed by atoms with van der Waals surface area (Å²) in [6, 6.07) is 12.4. The number of furan rings is 1. The van der Waals surface area contributed by atoms with Gasteiger partial charge in [0.15, 0.2) is 0 Å². The number of nitrogens with zero attached hydrogens (tertiary/aromatic N) is 1. The molecule has 1 atom stereocenters. The average Bonchev–Trinajstić information content (AvgIpc) is 3.38. The second-order valence-electron chi connectivity index (χ2n) is 7.14. The van der Waals surface area contributed by atoms with Crippen LogP contribution in [-0.4, -0.2) is 28.3 Å². The molecule has 32 heavy (non-hydrogen) atoms. The number of likely N-dealkylation sites (tertiary alicyclic amines) is 1. The van der Waals surface area contributed by atoms with Crippen molar-refractivity contribution in [3.8, 4) is 5.75 Å². The highest BCUT2D eigenvalue weighted by molar-refractivity contribution is 6.46. The number of carbonyl (C=O) groups excluding carboxylic acids is 2. The minimum absolute atomic E-state index is 0.00120. The van der Waals surface area contributed by atoms with E-state index < -0.39 is 23.5 Å².